The van der Waals surface area contributed by atoms with Gasteiger partial charge in [-0.25, -0.2) is 4.79 Å². The maximum Gasteiger partial charge on any atom is 0.337 e. The topological polar surface area (TPSA) is 42.2 Å². The molecular formula is C17H23NO2. The fourth-order valence-corrected chi connectivity index (χ4v) is 3.15. The molecule has 0 spiro atoms. The van der Waals surface area contributed by atoms with Gasteiger partial charge >= 0.3 is 5.97 Å². The number of hydrogen-bond acceptors (Lipinski definition) is 1. The number of nitrogens with zero attached hydrogens (tertiary/aromatic N) is 1. The number of hydrogen-bond donors (Lipinski definition) is 1. The van der Waals surface area contributed by atoms with E-state index in [-0.39, 0.29) is 6.04 Å². The van der Waals surface area contributed by atoms with Crippen LogP contribution in [0.2, 0.25) is 0 Å². The van der Waals surface area contributed by atoms with E-state index in [9.17, 15) is 9.90 Å². The molecule has 3 heteroatoms. The molecule has 2 aromatic rings. The fraction of sp³-hybridized carbons (Fsp3) is 0.471. The van der Waals surface area contributed by atoms with Crippen LogP contribution >= 0.6 is 0 Å². The van der Waals surface area contributed by atoms with Gasteiger partial charge in [-0.3, -0.25) is 0 Å². The summed E-state index contributed by atoms with van der Waals surface area (Å²) in [5.74, 6) is -0.840. The lowest BCUT2D eigenvalue weighted by atomic mass is 10.0. The average molecular weight is 273 g/mol. The van der Waals surface area contributed by atoms with Gasteiger partial charge in [0.25, 0.3) is 0 Å². The zero-order valence-corrected chi connectivity index (χ0v) is 12.9. The van der Waals surface area contributed by atoms with Crippen molar-refractivity contribution in [3.8, 4) is 0 Å². The molecule has 0 aliphatic rings. The van der Waals surface area contributed by atoms with E-state index in [1.807, 2.05) is 6.07 Å². The Morgan fingerprint density at radius 3 is 2.35 bits per heavy atom. The maximum absolute atomic E-state index is 11.7. The van der Waals surface area contributed by atoms with Gasteiger partial charge in [0, 0.05) is 17.1 Å². The smallest absolute Gasteiger partial charge is 0.337 e. The average Bonchev–Trinajstić information content (AvgIpc) is 2.68. The van der Waals surface area contributed by atoms with Crippen LogP contribution in [0.15, 0.2) is 12.1 Å². The van der Waals surface area contributed by atoms with Gasteiger partial charge in [0.15, 0.2) is 0 Å². The minimum absolute atomic E-state index is 0.253. The van der Waals surface area contributed by atoms with Gasteiger partial charge in [0.2, 0.25) is 0 Å². The van der Waals surface area contributed by atoms with Crippen molar-refractivity contribution < 1.29 is 9.90 Å². The fourth-order valence-electron chi connectivity index (χ4n) is 3.15. The zero-order valence-electron chi connectivity index (χ0n) is 12.9. The van der Waals surface area contributed by atoms with Gasteiger partial charge < -0.3 is 9.67 Å². The Balaban J connectivity index is 2.99. The van der Waals surface area contributed by atoms with Crippen LogP contribution in [0, 0.1) is 6.92 Å². The number of aryl methyl sites for hydroxylation is 2. The molecule has 1 N–H and O–H groups in total. The molecule has 3 nitrogen and oxygen atoms in total. The molecule has 20 heavy (non-hydrogen) atoms. The molecule has 1 aromatic carbocycles. The molecular weight excluding hydrogens is 250 g/mol. The highest BCUT2D eigenvalue weighted by atomic mass is 16.4. The van der Waals surface area contributed by atoms with Crippen LogP contribution in [-0.4, -0.2) is 15.6 Å². The summed E-state index contributed by atoms with van der Waals surface area (Å²) in [7, 11) is 0. The Bertz CT molecular complexity index is 665. The summed E-state index contributed by atoms with van der Waals surface area (Å²) < 4.78 is 2.16. The van der Waals surface area contributed by atoms with Crippen molar-refractivity contribution in [3.63, 3.8) is 0 Å². The van der Waals surface area contributed by atoms with Crippen molar-refractivity contribution in [1.29, 1.82) is 0 Å². The lowest BCUT2D eigenvalue weighted by molar-refractivity contribution is 0.0698. The highest BCUT2D eigenvalue weighted by Gasteiger charge is 2.21. The lowest BCUT2D eigenvalue weighted by Gasteiger charge is -2.14. The summed E-state index contributed by atoms with van der Waals surface area (Å²) in [4.78, 5) is 11.7. The third kappa shape index (κ3) is 2.11. The lowest BCUT2D eigenvalue weighted by Crippen LogP contribution is -2.07. The van der Waals surface area contributed by atoms with E-state index < -0.39 is 5.97 Å². The molecule has 0 aliphatic heterocycles. The number of carbonyl (C=O) groups is 1. The first-order chi connectivity index (χ1) is 9.42. The Morgan fingerprint density at radius 2 is 1.90 bits per heavy atom. The van der Waals surface area contributed by atoms with Gasteiger partial charge in [0.1, 0.15) is 0 Å². The predicted molar refractivity (Wildman–Crippen MR) is 82.8 cm³/mol. The predicted octanol–water partition coefficient (Wildman–Crippen LogP) is 4.35. The molecule has 0 bridgehead atoms. The second-order valence-corrected chi connectivity index (χ2v) is 5.58. The quantitative estimate of drug-likeness (QED) is 0.899. The van der Waals surface area contributed by atoms with Crippen LogP contribution in [0.3, 0.4) is 0 Å². The minimum Gasteiger partial charge on any atom is -0.478 e. The van der Waals surface area contributed by atoms with E-state index in [0.29, 0.717) is 5.56 Å². The molecule has 2 rings (SSSR count). The maximum atomic E-state index is 11.7. The van der Waals surface area contributed by atoms with Crippen molar-refractivity contribution in [2.45, 2.75) is 53.5 Å². The van der Waals surface area contributed by atoms with Crippen molar-refractivity contribution in [2.24, 2.45) is 0 Å². The molecule has 1 heterocycles. The Hall–Kier alpha value is -1.77. The SMILES string of the molecule is CCc1cc(C(=O)O)c2c(c1)c(CC)c(C)n2C(C)C. The highest BCUT2D eigenvalue weighted by molar-refractivity contribution is 6.04. The molecule has 0 saturated carbocycles. The van der Waals surface area contributed by atoms with Crippen LogP contribution < -0.4 is 0 Å². The molecule has 0 atom stereocenters. The van der Waals surface area contributed by atoms with Gasteiger partial charge in [-0.1, -0.05) is 13.8 Å². The Labute approximate surface area is 120 Å². The minimum atomic E-state index is -0.840. The second kappa shape index (κ2) is 5.31. The van der Waals surface area contributed by atoms with Crippen molar-refractivity contribution in [1.82, 2.24) is 4.57 Å². The zero-order chi connectivity index (χ0) is 15.0. The van der Waals surface area contributed by atoms with Gasteiger partial charge in [-0.05, 0) is 56.9 Å². The van der Waals surface area contributed by atoms with Gasteiger partial charge in [0.05, 0.1) is 11.1 Å². The highest BCUT2D eigenvalue weighted by Crippen LogP contribution is 2.33. The molecule has 0 amide bonds. The molecule has 108 valence electrons. The van der Waals surface area contributed by atoms with Gasteiger partial charge in [-0.15, -0.1) is 0 Å². The summed E-state index contributed by atoms with van der Waals surface area (Å²) in [6.45, 7) is 10.5. The number of carboxylic acid groups (broad SMARTS) is 1. The Morgan fingerprint density at radius 1 is 1.25 bits per heavy atom. The van der Waals surface area contributed by atoms with Crippen LogP contribution in [0.5, 0.6) is 0 Å². The van der Waals surface area contributed by atoms with E-state index >= 15 is 0 Å². The van der Waals surface area contributed by atoms with E-state index in [1.54, 1.807) is 0 Å². The molecule has 0 aliphatic carbocycles. The summed E-state index contributed by atoms with van der Waals surface area (Å²) >= 11 is 0. The molecule has 0 saturated heterocycles. The summed E-state index contributed by atoms with van der Waals surface area (Å²) in [6.07, 6.45) is 1.78. The van der Waals surface area contributed by atoms with Crippen LogP contribution in [-0.2, 0) is 12.8 Å². The number of carboxylic acids is 1. The number of benzene rings is 1. The van der Waals surface area contributed by atoms with Crippen molar-refractivity contribution >= 4 is 16.9 Å². The monoisotopic (exact) mass is 273 g/mol. The normalized spacial score (nSPS) is 11.5. The van der Waals surface area contributed by atoms with Crippen molar-refractivity contribution in [2.75, 3.05) is 0 Å². The van der Waals surface area contributed by atoms with E-state index in [1.165, 1.54) is 11.3 Å². The van der Waals surface area contributed by atoms with Crippen molar-refractivity contribution in [3.05, 3.63) is 34.5 Å². The summed E-state index contributed by atoms with van der Waals surface area (Å²) in [6, 6.07) is 4.23. The summed E-state index contributed by atoms with van der Waals surface area (Å²) in [5, 5.41) is 10.7. The third-order valence-corrected chi connectivity index (χ3v) is 4.04. The molecule has 1 aromatic heterocycles. The molecule has 0 radical (unpaired) electrons. The number of aromatic nitrogens is 1. The molecule has 0 fully saturated rings. The third-order valence-electron chi connectivity index (χ3n) is 4.04. The Kier molecular flexibility index (Phi) is 3.89. The second-order valence-electron chi connectivity index (χ2n) is 5.58. The number of aromatic carboxylic acids is 1. The van der Waals surface area contributed by atoms with Crippen LogP contribution in [0.1, 0.15) is 60.9 Å². The van der Waals surface area contributed by atoms with Gasteiger partial charge in [-0.2, -0.15) is 0 Å². The van der Waals surface area contributed by atoms with E-state index in [0.717, 1.165) is 29.3 Å². The van der Waals surface area contributed by atoms with E-state index in [2.05, 4.69) is 45.3 Å². The first-order valence-corrected chi connectivity index (χ1v) is 7.31. The first kappa shape index (κ1) is 14.6. The van der Waals surface area contributed by atoms with Crippen LogP contribution in [0.4, 0.5) is 0 Å². The van der Waals surface area contributed by atoms with Crippen LogP contribution in [0.25, 0.3) is 10.9 Å². The van der Waals surface area contributed by atoms with E-state index in [4.69, 9.17) is 0 Å². The number of fused-ring (bicyclic) bond motifs is 1. The number of rotatable bonds is 4. The largest absolute Gasteiger partial charge is 0.478 e. The summed E-state index contributed by atoms with van der Waals surface area (Å²) in [5.41, 5.74) is 4.85. The standard InChI is InChI=1S/C17H23NO2/c1-6-12-8-14-13(7-2)11(5)18(10(3)4)16(14)15(9-12)17(19)20/h8-10H,6-7H2,1-5H3,(H,19,20). The first-order valence-electron chi connectivity index (χ1n) is 7.31. The molecule has 0 unspecified atom stereocenters.